The van der Waals surface area contributed by atoms with Gasteiger partial charge < -0.3 is 19.1 Å². The van der Waals surface area contributed by atoms with Crippen molar-refractivity contribution in [1.29, 1.82) is 0 Å². The van der Waals surface area contributed by atoms with Crippen LogP contribution in [0.2, 0.25) is 6.04 Å². The Hall–Kier alpha value is 0.0569. The first-order chi connectivity index (χ1) is 13.1. The van der Waals surface area contributed by atoms with E-state index in [4.69, 9.17) is 4.43 Å². The molecule has 0 unspecified atom stereocenters. The average Bonchev–Trinajstić information content (AvgIpc) is 2.65. The lowest BCUT2D eigenvalue weighted by Gasteiger charge is -2.26. The highest BCUT2D eigenvalue weighted by Gasteiger charge is 2.08. The monoisotopic (exact) mass is 401 g/mol. The lowest BCUT2D eigenvalue weighted by atomic mass is 10.2. The molecule has 0 aromatic heterocycles. The van der Waals surface area contributed by atoms with Crippen LogP contribution in [-0.2, 0) is 4.43 Å². The van der Waals surface area contributed by atoms with Gasteiger partial charge in [-0.1, -0.05) is 27.7 Å². The molecule has 0 saturated carbocycles. The molecular formula is C22H51N3OSi. The predicted molar refractivity (Wildman–Crippen MR) is 125 cm³/mol. The minimum Gasteiger partial charge on any atom is -0.422 e. The van der Waals surface area contributed by atoms with Crippen LogP contribution < -0.4 is 0 Å². The van der Waals surface area contributed by atoms with Crippen LogP contribution in [0.15, 0.2) is 0 Å². The molecule has 0 heterocycles. The summed E-state index contributed by atoms with van der Waals surface area (Å²) < 4.78 is 5.84. The van der Waals surface area contributed by atoms with Gasteiger partial charge in [0.2, 0.25) is 0 Å². The Morgan fingerprint density at radius 2 is 1.07 bits per heavy atom. The normalized spacial score (nSPS) is 12.7. The van der Waals surface area contributed by atoms with Crippen molar-refractivity contribution in [1.82, 2.24) is 14.7 Å². The zero-order valence-corrected chi connectivity index (χ0v) is 21.1. The van der Waals surface area contributed by atoms with Gasteiger partial charge in [-0.25, -0.2) is 0 Å². The number of hydrogen-bond donors (Lipinski definition) is 0. The molecular weight excluding hydrogens is 350 g/mol. The second kappa shape index (κ2) is 19.4. The van der Waals surface area contributed by atoms with E-state index in [1.54, 1.807) is 0 Å². The lowest BCUT2D eigenvalue weighted by Crippen LogP contribution is -2.34. The van der Waals surface area contributed by atoms with Crippen molar-refractivity contribution in [2.24, 2.45) is 0 Å². The van der Waals surface area contributed by atoms with Crippen LogP contribution in [0, 0.1) is 0 Å². The summed E-state index contributed by atoms with van der Waals surface area (Å²) in [5.41, 5.74) is 0. The van der Waals surface area contributed by atoms with Crippen LogP contribution in [0.3, 0.4) is 0 Å². The average molecular weight is 402 g/mol. The molecule has 0 aromatic carbocycles. The summed E-state index contributed by atoms with van der Waals surface area (Å²) in [5, 5.41) is 0. The quantitative estimate of drug-likeness (QED) is 0.228. The highest BCUT2D eigenvalue weighted by Crippen LogP contribution is 2.04. The van der Waals surface area contributed by atoms with Gasteiger partial charge in [-0.2, -0.15) is 0 Å². The molecule has 0 spiro atoms. The molecule has 0 fully saturated rings. The van der Waals surface area contributed by atoms with Crippen LogP contribution in [0.4, 0.5) is 0 Å². The van der Waals surface area contributed by atoms with E-state index in [9.17, 15) is 0 Å². The summed E-state index contributed by atoms with van der Waals surface area (Å²) in [4.78, 5) is 7.92. The third-order valence-electron chi connectivity index (χ3n) is 5.19. The molecule has 0 bridgehead atoms. The zero-order chi connectivity index (χ0) is 20.3. The molecule has 0 aliphatic heterocycles. The highest BCUT2D eigenvalue weighted by atomic mass is 28.2. The van der Waals surface area contributed by atoms with E-state index in [2.05, 4.69) is 56.2 Å². The lowest BCUT2D eigenvalue weighted by molar-refractivity contribution is 0.211. The minimum atomic E-state index is -0.308. The second-order valence-electron chi connectivity index (χ2n) is 8.04. The van der Waals surface area contributed by atoms with E-state index in [0.717, 1.165) is 0 Å². The Balaban J connectivity index is 4.22. The van der Waals surface area contributed by atoms with Gasteiger partial charge in [0.05, 0.1) is 0 Å². The van der Waals surface area contributed by atoms with Crippen LogP contribution in [0.25, 0.3) is 0 Å². The molecule has 0 aromatic rings. The Morgan fingerprint density at radius 1 is 0.630 bits per heavy atom. The maximum Gasteiger partial charge on any atom is 0.161 e. The molecule has 0 amide bonds. The standard InChI is InChI=1S/C22H51N3OSi/c1-7-14-23(9-3)16-11-18-25(20-13-21-27-26-22(5)6)19-12-17-24(10-4)15-8-2/h22H,7-21,27H2,1-6H3. The molecule has 0 rings (SSSR count). The highest BCUT2D eigenvalue weighted by molar-refractivity contribution is 6.27. The van der Waals surface area contributed by atoms with Gasteiger partial charge in [-0.3, -0.25) is 0 Å². The van der Waals surface area contributed by atoms with Gasteiger partial charge in [0, 0.05) is 6.10 Å². The van der Waals surface area contributed by atoms with E-state index in [0.29, 0.717) is 6.10 Å². The molecule has 164 valence electrons. The molecule has 0 aliphatic rings. The van der Waals surface area contributed by atoms with E-state index >= 15 is 0 Å². The fourth-order valence-corrected chi connectivity index (χ4v) is 4.68. The largest absolute Gasteiger partial charge is 0.422 e. The fraction of sp³-hybridized carbons (Fsp3) is 1.00. The van der Waals surface area contributed by atoms with Crippen LogP contribution >= 0.6 is 0 Å². The van der Waals surface area contributed by atoms with E-state index in [1.165, 1.54) is 97.1 Å². The predicted octanol–water partition coefficient (Wildman–Crippen LogP) is 3.85. The summed E-state index contributed by atoms with van der Waals surface area (Å²) >= 11 is 0. The summed E-state index contributed by atoms with van der Waals surface area (Å²) in [6, 6.07) is 1.32. The Labute approximate surface area is 173 Å². The van der Waals surface area contributed by atoms with Gasteiger partial charge in [0.1, 0.15) is 0 Å². The summed E-state index contributed by atoms with van der Waals surface area (Å²) in [7, 11) is -0.308. The minimum absolute atomic E-state index is 0.308. The van der Waals surface area contributed by atoms with Crippen LogP contribution in [-0.4, -0.2) is 89.5 Å². The first kappa shape index (κ1) is 27.1. The Kier molecular flexibility index (Phi) is 19.4. The van der Waals surface area contributed by atoms with Crippen molar-refractivity contribution in [3.8, 4) is 0 Å². The van der Waals surface area contributed by atoms with Gasteiger partial charge in [0.15, 0.2) is 9.76 Å². The van der Waals surface area contributed by atoms with E-state index in [1.807, 2.05) is 0 Å². The molecule has 0 N–H and O–H groups in total. The SMILES string of the molecule is CCCN(CC)CCCN(CCC[SiH2]OC(C)C)CCCN(CC)CCC. The molecule has 0 radical (unpaired) electrons. The van der Waals surface area contributed by atoms with Gasteiger partial charge >= 0.3 is 0 Å². The fourth-order valence-electron chi connectivity index (χ4n) is 3.62. The molecule has 0 aliphatic carbocycles. The Morgan fingerprint density at radius 3 is 1.48 bits per heavy atom. The van der Waals surface area contributed by atoms with Crippen molar-refractivity contribution in [3.63, 3.8) is 0 Å². The third kappa shape index (κ3) is 16.7. The van der Waals surface area contributed by atoms with Crippen molar-refractivity contribution >= 4 is 9.76 Å². The molecule has 0 saturated heterocycles. The summed E-state index contributed by atoms with van der Waals surface area (Å²) in [6.07, 6.45) is 6.88. The molecule has 27 heavy (non-hydrogen) atoms. The number of hydrogen-bond acceptors (Lipinski definition) is 4. The second-order valence-corrected chi connectivity index (χ2v) is 9.49. The van der Waals surface area contributed by atoms with Crippen LogP contribution in [0.1, 0.15) is 73.6 Å². The van der Waals surface area contributed by atoms with Crippen molar-refractivity contribution in [3.05, 3.63) is 0 Å². The van der Waals surface area contributed by atoms with Crippen LogP contribution in [0.5, 0.6) is 0 Å². The van der Waals surface area contributed by atoms with Crippen molar-refractivity contribution in [2.75, 3.05) is 58.9 Å². The number of rotatable bonds is 20. The molecule has 0 atom stereocenters. The third-order valence-corrected chi connectivity index (χ3v) is 6.88. The number of nitrogens with zero attached hydrogens (tertiary/aromatic N) is 3. The molecule has 5 heteroatoms. The summed E-state index contributed by atoms with van der Waals surface area (Å²) in [6.45, 7) is 24.6. The smallest absolute Gasteiger partial charge is 0.161 e. The first-order valence-corrected chi connectivity index (χ1v) is 13.4. The van der Waals surface area contributed by atoms with Gasteiger partial charge in [-0.05, 0) is 111 Å². The first-order valence-electron chi connectivity index (χ1n) is 11.9. The molecule has 4 nitrogen and oxygen atoms in total. The van der Waals surface area contributed by atoms with E-state index < -0.39 is 0 Å². The topological polar surface area (TPSA) is 19.0 Å². The van der Waals surface area contributed by atoms with E-state index in [-0.39, 0.29) is 9.76 Å². The van der Waals surface area contributed by atoms with Gasteiger partial charge in [0.25, 0.3) is 0 Å². The maximum atomic E-state index is 5.84. The zero-order valence-electron chi connectivity index (χ0n) is 19.6. The summed E-state index contributed by atoms with van der Waals surface area (Å²) in [5.74, 6) is 0. The Bertz CT molecular complexity index is 285. The van der Waals surface area contributed by atoms with Crippen molar-refractivity contribution in [2.45, 2.75) is 85.8 Å². The van der Waals surface area contributed by atoms with Gasteiger partial charge in [-0.15, -0.1) is 0 Å². The maximum absolute atomic E-state index is 5.84. The van der Waals surface area contributed by atoms with Crippen molar-refractivity contribution < 1.29 is 4.43 Å².